The van der Waals surface area contributed by atoms with E-state index in [2.05, 4.69) is 4.98 Å². The van der Waals surface area contributed by atoms with Crippen LogP contribution >= 0.6 is 0 Å². The van der Waals surface area contributed by atoms with Crippen LogP contribution in [0.4, 0.5) is 5.82 Å². The van der Waals surface area contributed by atoms with Crippen molar-refractivity contribution in [1.29, 1.82) is 0 Å². The van der Waals surface area contributed by atoms with E-state index in [0.717, 1.165) is 19.4 Å². The van der Waals surface area contributed by atoms with Gasteiger partial charge in [0.1, 0.15) is 11.5 Å². The van der Waals surface area contributed by atoms with Crippen LogP contribution in [0.3, 0.4) is 0 Å². The van der Waals surface area contributed by atoms with Gasteiger partial charge in [0.2, 0.25) is 0 Å². The standard InChI is InChI=1S/C16H19N3O3/c1-2-22-16(21)12-6-5-8-18(11-12)14-10-15(20)19-9-4-3-7-13(19)17-14/h3-4,7,9-10,12H,2,5-6,8,11H2,1H3. The highest BCUT2D eigenvalue weighted by Crippen LogP contribution is 2.22. The molecule has 1 unspecified atom stereocenters. The maximum atomic E-state index is 12.2. The summed E-state index contributed by atoms with van der Waals surface area (Å²) in [5.74, 6) is 0.319. The Morgan fingerprint density at radius 1 is 1.45 bits per heavy atom. The Morgan fingerprint density at radius 3 is 3.14 bits per heavy atom. The van der Waals surface area contributed by atoms with Crippen molar-refractivity contribution in [2.24, 2.45) is 5.92 Å². The molecule has 0 bridgehead atoms. The molecule has 2 aromatic rings. The predicted molar refractivity (Wildman–Crippen MR) is 83.0 cm³/mol. The third kappa shape index (κ3) is 2.81. The van der Waals surface area contributed by atoms with Gasteiger partial charge in [0.15, 0.2) is 0 Å². The molecule has 22 heavy (non-hydrogen) atoms. The Bertz CT molecular complexity index is 741. The second kappa shape index (κ2) is 6.17. The summed E-state index contributed by atoms with van der Waals surface area (Å²) in [6.45, 7) is 3.55. The summed E-state index contributed by atoms with van der Waals surface area (Å²) < 4.78 is 6.62. The Balaban J connectivity index is 1.87. The number of ether oxygens (including phenoxy) is 1. The molecule has 2 aromatic heterocycles. The maximum absolute atomic E-state index is 12.2. The maximum Gasteiger partial charge on any atom is 0.310 e. The van der Waals surface area contributed by atoms with Gasteiger partial charge < -0.3 is 9.64 Å². The number of aromatic nitrogens is 2. The Kier molecular flexibility index (Phi) is 4.09. The predicted octanol–water partition coefficient (Wildman–Crippen LogP) is 1.47. The zero-order valence-electron chi connectivity index (χ0n) is 12.6. The molecule has 0 aromatic carbocycles. The Morgan fingerprint density at radius 2 is 2.32 bits per heavy atom. The Hall–Kier alpha value is -2.37. The minimum absolute atomic E-state index is 0.112. The van der Waals surface area contributed by atoms with Gasteiger partial charge in [-0.1, -0.05) is 6.07 Å². The molecule has 1 aliphatic rings. The van der Waals surface area contributed by atoms with Gasteiger partial charge in [-0.05, 0) is 31.9 Å². The molecule has 1 atom stereocenters. The quantitative estimate of drug-likeness (QED) is 0.803. The SMILES string of the molecule is CCOC(=O)C1CCCN(c2cc(=O)n3ccccc3n2)C1. The smallest absolute Gasteiger partial charge is 0.310 e. The van der Waals surface area contributed by atoms with E-state index in [4.69, 9.17) is 4.74 Å². The molecule has 3 rings (SSSR count). The molecule has 0 saturated carbocycles. The first-order valence-electron chi connectivity index (χ1n) is 7.59. The van der Waals surface area contributed by atoms with Gasteiger partial charge in [-0.3, -0.25) is 14.0 Å². The molecule has 3 heterocycles. The third-order valence-electron chi connectivity index (χ3n) is 3.92. The van der Waals surface area contributed by atoms with Crippen LogP contribution in [0.15, 0.2) is 35.3 Å². The van der Waals surface area contributed by atoms with Gasteiger partial charge in [0.25, 0.3) is 5.56 Å². The van der Waals surface area contributed by atoms with Crippen molar-refractivity contribution in [3.8, 4) is 0 Å². The van der Waals surface area contributed by atoms with E-state index in [1.807, 2.05) is 17.9 Å². The number of hydrogen-bond acceptors (Lipinski definition) is 5. The molecule has 116 valence electrons. The molecule has 0 radical (unpaired) electrons. The number of nitrogens with zero attached hydrogens (tertiary/aromatic N) is 3. The second-order valence-electron chi connectivity index (χ2n) is 5.42. The van der Waals surface area contributed by atoms with Crippen molar-refractivity contribution >= 4 is 17.4 Å². The highest BCUT2D eigenvalue weighted by molar-refractivity contribution is 5.73. The fraction of sp³-hybridized carbons (Fsp3) is 0.438. The molecule has 1 fully saturated rings. The fourth-order valence-electron chi connectivity index (χ4n) is 2.84. The van der Waals surface area contributed by atoms with Gasteiger partial charge in [-0.15, -0.1) is 0 Å². The summed E-state index contributed by atoms with van der Waals surface area (Å²) in [5, 5.41) is 0. The Labute approximate surface area is 128 Å². The fourth-order valence-corrected chi connectivity index (χ4v) is 2.84. The van der Waals surface area contributed by atoms with Crippen molar-refractivity contribution in [3.05, 3.63) is 40.8 Å². The molecule has 6 heteroatoms. The van der Waals surface area contributed by atoms with Crippen molar-refractivity contribution in [1.82, 2.24) is 9.38 Å². The first-order chi connectivity index (χ1) is 10.7. The van der Waals surface area contributed by atoms with E-state index < -0.39 is 0 Å². The number of rotatable bonds is 3. The van der Waals surface area contributed by atoms with Crippen LogP contribution in [0, 0.1) is 5.92 Å². The van der Waals surface area contributed by atoms with Crippen LogP contribution in [-0.2, 0) is 9.53 Å². The van der Waals surface area contributed by atoms with Crippen molar-refractivity contribution in [2.45, 2.75) is 19.8 Å². The summed E-state index contributed by atoms with van der Waals surface area (Å²) in [5.41, 5.74) is 0.502. The van der Waals surface area contributed by atoms with Crippen LogP contribution in [0.5, 0.6) is 0 Å². The van der Waals surface area contributed by atoms with Crippen LogP contribution in [0.2, 0.25) is 0 Å². The number of carbonyl (C=O) groups excluding carboxylic acids is 1. The van der Waals surface area contributed by atoms with Crippen LogP contribution in [0.25, 0.3) is 5.65 Å². The average molecular weight is 301 g/mol. The molecular weight excluding hydrogens is 282 g/mol. The van der Waals surface area contributed by atoms with Crippen molar-refractivity contribution in [2.75, 3.05) is 24.6 Å². The van der Waals surface area contributed by atoms with E-state index in [9.17, 15) is 9.59 Å². The summed E-state index contributed by atoms with van der Waals surface area (Å²) in [7, 11) is 0. The number of fused-ring (bicyclic) bond motifs is 1. The summed E-state index contributed by atoms with van der Waals surface area (Å²) >= 11 is 0. The minimum atomic E-state index is -0.162. The normalized spacial score (nSPS) is 18.4. The summed E-state index contributed by atoms with van der Waals surface area (Å²) in [6.07, 6.45) is 3.41. The molecule has 0 amide bonds. The zero-order chi connectivity index (χ0) is 15.5. The van der Waals surface area contributed by atoms with Crippen LogP contribution in [-0.4, -0.2) is 35.1 Å². The van der Waals surface area contributed by atoms with Crippen molar-refractivity contribution in [3.63, 3.8) is 0 Å². The molecule has 1 aliphatic heterocycles. The lowest BCUT2D eigenvalue weighted by molar-refractivity contribution is -0.148. The van der Waals surface area contributed by atoms with Gasteiger partial charge in [0.05, 0.1) is 12.5 Å². The second-order valence-corrected chi connectivity index (χ2v) is 5.42. The molecular formula is C16H19N3O3. The largest absolute Gasteiger partial charge is 0.466 e. The lowest BCUT2D eigenvalue weighted by Gasteiger charge is -2.32. The van der Waals surface area contributed by atoms with Crippen LogP contribution < -0.4 is 10.5 Å². The number of esters is 1. The van der Waals surface area contributed by atoms with E-state index in [0.29, 0.717) is 24.6 Å². The topological polar surface area (TPSA) is 63.9 Å². The highest BCUT2D eigenvalue weighted by Gasteiger charge is 2.27. The number of hydrogen-bond donors (Lipinski definition) is 0. The highest BCUT2D eigenvalue weighted by atomic mass is 16.5. The minimum Gasteiger partial charge on any atom is -0.466 e. The monoisotopic (exact) mass is 301 g/mol. The lowest BCUT2D eigenvalue weighted by atomic mass is 9.98. The molecule has 0 spiro atoms. The number of piperidine rings is 1. The lowest BCUT2D eigenvalue weighted by Crippen LogP contribution is -2.40. The number of pyridine rings is 1. The van der Waals surface area contributed by atoms with E-state index in [1.165, 1.54) is 10.5 Å². The first-order valence-corrected chi connectivity index (χ1v) is 7.59. The first kappa shape index (κ1) is 14.6. The van der Waals surface area contributed by atoms with Gasteiger partial charge in [-0.2, -0.15) is 0 Å². The summed E-state index contributed by atoms with van der Waals surface area (Å²) in [6, 6.07) is 6.98. The van der Waals surface area contributed by atoms with E-state index >= 15 is 0 Å². The average Bonchev–Trinajstić information content (AvgIpc) is 2.55. The van der Waals surface area contributed by atoms with E-state index in [1.54, 1.807) is 18.3 Å². The number of carbonyl (C=O) groups is 1. The van der Waals surface area contributed by atoms with Gasteiger partial charge >= 0.3 is 5.97 Å². The van der Waals surface area contributed by atoms with Gasteiger partial charge in [0, 0.05) is 25.4 Å². The molecule has 0 N–H and O–H groups in total. The molecule has 1 saturated heterocycles. The zero-order valence-corrected chi connectivity index (χ0v) is 12.6. The molecule has 0 aliphatic carbocycles. The summed E-state index contributed by atoms with van der Waals surface area (Å²) in [4.78, 5) is 30.6. The van der Waals surface area contributed by atoms with E-state index in [-0.39, 0.29) is 17.4 Å². The van der Waals surface area contributed by atoms with Gasteiger partial charge in [-0.25, -0.2) is 4.98 Å². The number of anilines is 1. The molecule has 6 nitrogen and oxygen atoms in total. The third-order valence-corrected chi connectivity index (χ3v) is 3.92. The van der Waals surface area contributed by atoms with Crippen LogP contribution in [0.1, 0.15) is 19.8 Å². The van der Waals surface area contributed by atoms with Crippen molar-refractivity contribution < 1.29 is 9.53 Å².